The highest BCUT2D eigenvalue weighted by Crippen LogP contribution is 2.46. The Labute approximate surface area is 263 Å². The molecule has 0 unspecified atom stereocenters. The molecule has 0 amide bonds. The number of nitrogens with two attached hydrogens (primary N) is 1. The Morgan fingerprint density at radius 2 is 1.09 bits per heavy atom. The largest absolute Gasteiger partial charge is 0.507 e. The number of thiocarbonyl (C=S) groups is 1. The summed E-state index contributed by atoms with van der Waals surface area (Å²) in [4.78, 5) is 14.5. The van der Waals surface area contributed by atoms with E-state index in [1.807, 2.05) is 36.4 Å². The molecule has 0 heterocycles. The van der Waals surface area contributed by atoms with Crippen LogP contribution in [0, 0.1) is 0 Å². The van der Waals surface area contributed by atoms with Gasteiger partial charge in [0.25, 0.3) is 0 Å². The van der Waals surface area contributed by atoms with E-state index in [1.165, 1.54) is 64.2 Å². The molecule has 0 fully saturated rings. The second-order valence-electron chi connectivity index (χ2n) is 12.2. The molecule has 230 valence electrons. The number of anilines is 1. The van der Waals surface area contributed by atoms with Gasteiger partial charge in [-0.25, -0.2) is 0 Å². The fraction of sp³-hybridized carbons (Fsp3) is 0.474. The number of carbonyl (C=O) groups is 1. The second kappa shape index (κ2) is 16.0. The number of nitrogen functional groups attached to an aromatic ring is 1. The van der Waals surface area contributed by atoms with Crippen LogP contribution in [0.15, 0.2) is 42.5 Å². The minimum Gasteiger partial charge on any atom is -0.507 e. The van der Waals surface area contributed by atoms with Crippen LogP contribution in [0.1, 0.15) is 142 Å². The van der Waals surface area contributed by atoms with Gasteiger partial charge in [0.05, 0.1) is 10.4 Å². The minimum absolute atomic E-state index is 0.0253. The maximum atomic E-state index is 14.2. The van der Waals surface area contributed by atoms with Crippen LogP contribution in [0.2, 0.25) is 0 Å². The SMILES string of the molecule is CCCCCCCCCc1cc(N)c2c(c1O)C(=S)c1c(O)c(CCCCCCCCC)cc(-c3ccccc3)c1C2=O. The predicted octanol–water partition coefficient (Wildman–Crippen LogP) is 10.2. The van der Waals surface area contributed by atoms with Gasteiger partial charge in [-0.2, -0.15) is 0 Å². The molecule has 4 rings (SSSR count). The Morgan fingerprint density at radius 1 is 0.628 bits per heavy atom. The van der Waals surface area contributed by atoms with Gasteiger partial charge in [-0.15, -0.1) is 0 Å². The molecule has 0 spiro atoms. The van der Waals surface area contributed by atoms with E-state index >= 15 is 0 Å². The van der Waals surface area contributed by atoms with E-state index in [9.17, 15) is 15.0 Å². The first kappa shape index (κ1) is 32.7. The highest BCUT2D eigenvalue weighted by molar-refractivity contribution is 7.81. The molecule has 43 heavy (non-hydrogen) atoms. The van der Waals surface area contributed by atoms with E-state index in [4.69, 9.17) is 18.0 Å². The first-order valence-corrected chi connectivity index (χ1v) is 17.0. The van der Waals surface area contributed by atoms with Crippen LogP contribution < -0.4 is 5.73 Å². The first-order chi connectivity index (χ1) is 20.9. The summed E-state index contributed by atoms with van der Waals surface area (Å²) in [7, 11) is 0. The summed E-state index contributed by atoms with van der Waals surface area (Å²) in [5.41, 5.74) is 11.3. The Morgan fingerprint density at radius 3 is 1.63 bits per heavy atom. The van der Waals surface area contributed by atoms with Crippen LogP contribution in [-0.4, -0.2) is 20.9 Å². The van der Waals surface area contributed by atoms with E-state index in [1.54, 1.807) is 6.07 Å². The fourth-order valence-corrected chi connectivity index (χ4v) is 6.82. The molecule has 3 aromatic carbocycles. The van der Waals surface area contributed by atoms with E-state index < -0.39 is 0 Å². The lowest BCUT2D eigenvalue weighted by Crippen LogP contribution is -2.24. The molecular weight excluding hydrogens is 550 g/mol. The Balaban J connectivity index is 1.66. The lowest BCUT2D eigenvalue weighted by atomic mass is 9.77. The van der Waals surface area contributed by atoms with Crippen molar-refractivity contribution < 1.29 is 15.0 Å². The van der Waals surface area contributed by atoms with Crippen LogP contribution in [0.25, 0.3) is 11.1 Å². The maximum Gasteiger partial charge on any atom is 0.197 e. The first-order valence-electron chi connectivity index (χ1n) is 16.6. The highest BCUT2D eigenvalue weighted by Gasteiger charge is 2.37. The van der Waals surface area contributed by atoms with Gasteiger partial charge < -0.3 is 15.9 Å². The Hall–Kier alpha value is -3.18. The third kappa shape index (κ3) is 7.67. The molecule has 0 saturated carbocycles. The van der Waals surface area contributed by atoms with E-state index in [0.717, 1.165) is 42.4 Å². The number of unbranched alkanes of at least 4 members (excludes halogenated alkanes) is 12. The van der Waals surface area contributed by atoms with Gasteiger partial charge >= 0.3 is 0 Å². The monoisotopic (exact) mass is 599 g/mol. The average molecular weight is 600 g/mol. The van der Waals surface area contributed by atoms with Gasteiger partial charge in [0.15, 0.2) is 5.78 Å². The zero-order valence-corrected chi connectivity index (χ0v) is 27.0. The van der Waals surface area contributed by atoms with Crippen molar-refractivity contribution in [1.82, 2.24) is 0 Å². The quantitative estimate of drug-likeness (QED) is 0.0487. The molecule has 0 bridgehead atoms. The van der Waals surface area contributed by atoms with E-state index in [2.05, 4.69) is 13.8 Å². The highest BCUT2D eigenvalue weighted by atomic mass is 32.1. The molecule has 0 saturated heterocycles. The minimum atomic E-state index is -0.300. The van der Waals surface area contributed by atoms with Crippen LogP contribution in [0.5, 0.6) is 11.5 Å². The third-order valence-electron chi connectivity index (χ3n) is 8.88. The van der Waals surface area contributed by atoms with Crippen LogP contribution >= 0.6 is 12.2 Å². The summed E-state index contributed by atoms with van der Waals surface area (Å²) in [6.07, 6.45) is 17.8. The molecule has 5 heteroatoms. The number of phenolic OH excluding ortho intramolecular Hbond substituents is 2. The van der Waals surface area contributed by atoms with Crippen molar-refractivity contribution in [2.75, 3.05) is 5.73 Å². The molecule has 1 aliphatic rings. The number of ketones is 1. The molecule has 0 atom stereocenters. The third-order valence-corrected chi connectivity index (χ3v) is 9.29. The smallest absolute Gasteiger partial charge is 0.197 e. The molecule has 0 aliphatic heterocycles. The van der Waals surface area contributed by atoms with Crippen molar-refractivity contribution in [3.05, 3.63) is 75.8 Å². The number of benzene rings is 3. The van der Waals surface area contributed by atoms with Gasteiger partial charge in [0, 0.05) is 22.4 Å². The van der Waals surface area contributed by atoms with Gasteiger partial charge in [0.1, 0.15) is 11.5 Å². The summed E-state index contributed by atoms with van der Waals surface area (Å²) in [5, 5.41) is 23.1. The van der Waals surface area contributed by atoms with Crippen molar-refractivity contribution >= 4 is 28.6 Å². The number of hydrogen-bond donors (Lipinski definition) is 3. The number of fused-ring (bicyclic) bond motifs is 2. The molecule has 0 radical (unpaired) electrons. The van der Waals surface area contributed by atoms with Crippen LogP contribution in [0.3, 0.4) is 0 Å². The Bertz CT molecular complexity index is 1410. The van der Waals surface area contributed by atoms with E-state index in [0.29, 0.717) is 45.6 Å². The lowest BCUT2D eigenvalue weighted by molar-refractivity contribution is 0.103. The van der Waals surface area contributed by atoms with Gasteiger partial charge in [0.2, 0.25) is 0 Å². The zero-order chi connectivity index (χ0) is 30.8. The second-order valence-corrected chi connectivity index (χ2v) is 12.6. The summed E-state index contributed by atoms with van der Waals surface area (Å²) in [6.45, 7) is 4.44. The Kier molecular flexibility index (Phi) is 12.2. The van der Waals surface area contributed by atoms with Crippen molar-refractivity contribution in [2.24, 2.45) is 0 Å². The normalized spacial score (nSPS) is 12.4. The maximum absolute atomic E-state index is 14.2. The van der Waals surface area contributed by atoms with Crippen molar-refractivity contribution in [2.45, 2.75) is 117 Å². The summed E-state index contributed by atoms with van der Waals surface area (Å²) in [5.74, 6) is -0.219. The number of carbonyl (C=O) groups excluding carboxylic acids is 1. The van der Waals surface area contributed by atoms with E-state index in [-0.39, 0.29) is 22.8 Å². The molecule has 4 nitrogen and oxygen atoms in total. The standard InChI is InChI=1S/C38H49NO3S/c1-3-5-7-9-11-13-16-22-27-24-29(26-20-18-15-19-21-26)31-33(35(27)40)38(43)34-32(37(31)42)30(39)25-28(36(34)41)23-17-14-12-10-8-6-4-2/h15,18-21,24-25,40-41H,3-14,16-17,22-23,39H2,1-2H3. The predicted molar refractivity (Wildman–Crippen MR) is 184 cm³/mol. The van der Waals surface area contributed by atoms with Crippen molar-refractivity contribution in [1.29, 1.82) is 0 Å². The number of aromatic hydroxyl groups is 2. The fourth-order valence-electron chi connectivity index (χ4n) is 6.42. The van der Waals surface area contributed by atoms with Gasteiger partial charge in [-0.1, -0.05) is 133 Å². The topological polar surface area (TPSA) is 83.6 Å². The van der Waals surface area contributed by atoms with Crippen LogP contribution in [0.4, 0.5) is 5.69 Å². The van der Waals surface area contributed by atoms with Crippen LogP contribution in [-0.2, 0) is 12.8 Å². The zero-order valence-electron chi connectivity index (χ0n) is 26.1. The lowest BCUT2D eigenvalue weighted by Gasteiger charge is -2.27. The molecule has 3 aromatic rings. The molecule has 1 aliphatic carbocycles. The number of rotatable bonds is 17. The summed E-state index contributed by atoms with van der Waals surface area (Å²) < 4.78 is 0. The summed E-state index contributed by atoms with van der Waals surface area (Å²) >= 11 is 5.99. The molecule has 0 aromatic heterocycles. The van der Waals surface area contributed by atoms with Crippen molar-refractivity contribution in [3.63, 3.8) is 0 Å². The number of hydrogen-bond acceptors (Lipinski definition) is 5. The number of phenols is 2. The number of aryl methyl sites for hydroxylation is 2. The van der Waals surface area contributed by atoms with Crippen molar-refractivity contribution in [3.8, 4) is 22.6 Å². The average Bonchev–Trinajstić information content (AvgIpc) is 3.01. The molecular formula is C38H49NO3S. The van der Waals surface area contributed by atoms with Gasteiger partial charge in [-0.3, -0.25) is 4.79 Å². The van der Waals surface area contributed by atoms with Gasteiger partial charge in [-0.05, 0) is 60.1 Å². The molecule has 4 N–H and O–H groups in total. The summed E-state index contributed by atoms with van der Waals surface area (Å²) in [6, 6.07) is 13.5.